The number of piperidine rings is 1. The number of likely N-dealkylation sites (tertiary alicyclic amines) is 1. The van der Waals surface area contributed by atoms with E-state index in [1.165, 1.54) is 18.2 Å². The number of nitrogens with zero attached hydrogens (tertiary/aromatic N) is 1. The van der Waals surface area contributed by atoms with E-state index in [1.807, 2.05) is 0 Å². The zero-order valence-corrected chi connectivity index (χ0v) is 14.7. The highest BCUT2D eigenvalue weighted by atomic mass is 79.9. The molecule has 1 saturated heterocycles. The Morgan fingerprint density at radius 3 is 2.68 bits per heavy atom. The zero-order chi connectivity index (χ0) is 15.2. The van der Waals surface area contributed by atoms with Gasteiger partial charge in [-0.25, -0.2) is 4.39 Å². The van der Waals surface area contributed by atoms with Gasteiger partial charge in [-0.2, -0.15) is 0 Å². The van der Waals surface area contributed by atoms with Crippen molar-refractivity contribution in [3.8, 4) is 0 Å². The van der Waals surface area contributed by atoms with Crippen LogP contribution in [0.5, 0.6) is 0 Å². The maximum absolute atomic E-state index is 13.1. The Bertz CT molecular complexity index is 496. The Balaban J connectivity index is 0.00000242. The van der Waals surface area contributed by atoms with Crippen molar-refractivity contribution in [2.45, 2.75) is 25.4 Å². The molecule has 1 aromatic rings. The van der Waals surface area contributed by atoms with Crippen LogP contribution >= 0.6 is 28.3 Å². The molecule has 124 valence electrons. The molecule has 1 aliphatic heterocycles. The van der Waals surface area contributed by atoms with Crippen molar-refractivity contribution in [3.63, 3.8) is 0 Å². The standard InChI is InChI=1S/C15H20BrFN2O2.ClH/c16-14-10-11(17)2-3-13(14)15(20)19-7-4-12(5-8-19)21-9-1-6-18;/h2-3,10,12H,1,4-9,18H2;1H. The molecule has 1 aliphatic rings. The van der Waals surface area contributed by atoms with Gasteiger partial charge >= 0.3 is 0 Å². The second-order valence-electron chi connectivity index (χ2n) is 5.13. The van der Waals surface area contributed by atoms with Gasteiger partial charge in [0.05, 0.1) is 11.7 Å². The molecule has 2 rings (SSSR count). The smallest absolute Gasteiger partial charge is 0.255 e. The summed E-state index contributed by atoms with van der Waals surface area (Å²) in [4.78, 5) is 14.2. The molecule has 0 bridgehead atoms. The van der Waals surface area contributed by atoms with Gasteiger partial charge in [0.15, 0.2) is 0 Å². The highest BCUT2D eigenvalue weighted by Gasteiger charge is 2.25. The molecule has 1 fully saturated rings. The zero-order valence-electron chi connectivity index (χ0n) is 12.3. The van der Waals surface area contributed by atoms with Crippen LogP contribution in [0.2, 0.25) is 0 Å². The number of hydrogen-bond donors (Lipinski definition) is 1. The largest absolute Gasteiger partial charge is 0.378 e. The number of carbonyl (C=O) groups is 1. The molecule has 1 heterocycles. The second-order valence-corrected chi connectivity index (χ2v) is 5.98. The minimum absolute atomic E-state index is 0. The third-order valence-corrected chi connectivity index (χ3v) is 4.25. The molecular formula is C15H21BrClFN2O2. The molecule has 0 aromatic heterocycles. The number of halogens is 3. The van der Waals surface area contributed by atoms with E-state index in [9.17, 15) is 9.18 Å². The van der Waals surface area contributed by atoms with Gasteiger partial charge in [-0.3, -0.25) is 4.79 Å². The monoisotopic (exact) mass is 394 g/mol. The molecule has 4 nitrogen and oxygen atoms in total. The number of carbonyl (C=O) groups excluding carboxylic acids is 1. The molecule has 0 atom stereocenters. The SMILES string of the molecule is Cl.NCCCOC1CCN(C(=O)c2ccc(F)cc2Br)CC1. The number of benzene rings is 1. The average molecular weight is 396 g/mol. The lowest BCUT2D eigenvalue weighted by molar-refractivity contribution is 0.00842. The minimum Gasteiger partial charge on any atom is -0.378 e. The number of rotatable bonds is 5. The fourth-order valence-electron chi connectivity index (χ4n) is 2.39. The fraction of sp³-hybridized carbons (Fsp3) is 0.533. The maximum atomic E-state index is 13.1. The van der Waals surface area contributed by atoms with Crippen LogP contribution in [0.15, 0.2) is 22.7 Å². The molecule has 22 heavy (non-hydrogen) atoms. The molecule has 0 radical (unpaired) electrons. The van der Waals surface area contributed by atoms with Crippen molar-refractivity contribution in [3.05, 3.63) is 34.1 Å². The van der Waals surface area contributed by atoms with Crippen LogP contribution in [-0.4, -0.2) is 43.2 Å². The van der Waals surface area contributed by atoms with Crippen LogP contribution in [-0.2, 0) is 4.74 Å². The molecule has 0 spiro atoms. The number of amides is 1. The average Bonchev–Trinajstić information content (AvgIpc) is 2.48. The van der Waals surface area contributed by atoms with Gasteiger partial charge in [-0.15, -0.1) is 12.4 Å². The van der Waals surface area contributed by atoms with Gasteiger partial charge in [-0.1, -0.05) is 0 Å². The fourth-order valence-corrected chi connectivity index (χ4v) is 2.91. The van der Waals surface area contributed by atoms with Crippen molar-refractivity contribution >= 4 is 34.2 Å². The van der Waals surface area contributed by atoms with Crippen molar-refractivity contribution in [1.82, 2.24) is 4.90 Å². The molecular weight excluding hydrogens is 375 g/mol. The minimum atomic E-state index is -0.356. The molecule has 7 heteroatoms. The number of ether oxygens (including phenoxy) is 1. The summed E-state index contributed by atoms with van der Waals surface area (Å²) in [7, 11) is 0. The molecule has 0 unspecified atom stereocenters. The summed E-state index contributed by atoms with van der Waals surface area (Å²) in [6.45, 7) is 2.64. The van der Waals surface area contributed by atoms with Gasteiger partial charge < -0.3 is 15.4 Å². The van der Waals surface area contributed by atoms with Crippen LogP contribution in [0.25, 0.3) is 0 Å². The van der Waals surface area contributed by atoms with Gasteiger partial charge in [0, 0.05) is 24.2 Å². The predicted octanol–water partition coefficient (Wildman–Crippen LogP) is 2.98. The third kappa shape index (κ3) is 5.19. The van der Waals surface area contributed by atoms with Crippen molar-refractivity contribution < 1.29 is 13.9 Å². The Morgan fingerprint density at radius 2 is 2.09 bits per heavy atom. The van der Waals surface area contributed by atoms with Crippen molar-refractivity contribution in [2.24, 2.45) is 5.73 Å². The highest BCUT2D eigenvalue weighted by molar-refractivity contribution is 9.10. The van der Waals surface area contributed by atoms with Crippen LogP contribution in [0.4, 0.5) is 4.39 Å². The van der Waals surface area contributed by atoms with Crippen LogP contribution in [0.3, 0.4) is 0 Å². The summed E-state index contributed by atoms with van der Waals surface area (Å²) < 4.78 is 19.3. The summed E-state index contributed by atoms with van der Waals surface area (Å²) in [6, 6.07) is 4.14. The van der Waals surface area contributed by atoms with Gasteiger partial charge in [0.2, 0.25) is 0 Å². The quantitative estimate of drug-likeness (QED) is 0.780. The molecule has 1 amide bonds. The number of hydrogen-bond acceptors (Lipinski definition) is 3. The van der Waals surface area contributed by atoms with Gasteiger partial charge in [0.1, 0.15) is 5.82 Å². The van der Waals surface area contributed by atoms with Gasteiger partial charge in [0.25, 0.3) is 5.91 Å². The van der Waals surface area contributed by atoms with E-state index in [-0.39, 0.29) is 30.2 Å². The van der Waals surface area contributed by atoms with Crippen molar-refractivity contribution in [2.75, 3.05) is 26.2 Å². The Hall–Kier alpha value is -0.690. The Labute approximate surface area is 144 Å². The molecule has 2 N–H and O–H groups in total. The van der Waals surface area contributed by atoms with E-state index in [1.54, 1.807) is 4.90 Å². The molecule has 0 aliphatic carbocycles. The summed E-state index contributed by atoms with van der Waals surface area (Å²) in [5, 5.41) is 0. The lowest BCUT2D eigenvalue weighted by Crippen LogP contribution is -2.41. The van der Waals surface area contributed by atoms with E-state index >= 15 is 0 Å². The summed E-state index contributed by atoms with van der Waals surface area (Å²) >= 11 is 3.24. The second kappa shape index (κ2) is 9.45. The van der Waals surface area contributed by atoms with E-state index < -0.39 is 0 Å². The maximum Gasteiger partial charge on any atom is 0.255 e. The lowest BCUT2D eigenvalue weighted by atomic mass is 10.1. The Morgan fingerprint density at radius 1 is 1.41 bits per heavy atom. The van der Waals surface area contributed by atoms with E-state index in [4.69, 9.17) is 10.5 Å². The summed E-state index contributed by atoms with van der Waals surface area (Å²) in [5.74, 6) is -0.423. The molecule has 0 saturated carbocycles. The topological polar surface area (TPSA) is 55.6 Å². The Kier molecular flexibility index (Phi) is 8.31. The third-order valence-electron chi connectivity index (χ3n) is 3.59. The summed E-state index contributed by atoms with van der Waals surface area (Å²) in [6.07, 6.45) is 2.73. The summed E-state index contributed by atoms with van der Waals surface area (Å²) in [5.41, 5.74) is 5.93. The van der Waals surface area contributed by atoms with E-state index in [0.717, 1.165) is 19.3 Å². The van der Waals surface area contributed by atoms with Crippen molar-refractivity contribution in [1.29, 1.82) is 0 Å². The first-order chi connectivity index (χ1) is 10.1. The van der Waals surface area contributed by atoms with Crippen LogP contribution < -0.4 is 5.73 Å². The number of nitrogens with two attached hydrogens (primary N) is 1. The van der Waals surface area contributed by atoms with E-state index in [2.05, 4.69) is 15.9 Å². The lowest BCUT2D eigenvalue weighted by Gasteiger charge is -2.32. The first-order valence-electron chi connectivity index (χ1n) is 7.18. The van der Waals surface area contributed by atoms with Crippen LogP contribution in [0.1, 0.15) is 29.6 Å². The molecule has 1 aromatic carbocycles. The highest BCUT2D eigenvalue weighted by Crippen LogP contribution is 2.22. The van der Waals surface area contributed by atoms with Gasteiger partial charge in [-0.05, 0) is 59.9 Å². The van der Waals surface area contributed by atoms with E-state index in [0.29, 0.717) is 36.3 Å². The normalized spacial score (nSPS) is 15.5. The predicted molar refractivity (Wildman–Crippen MR) is 89.9 cm³/mol. The first kappa shape index (κ1) is 19.4. The van der Waals surface area contributed by atoms with Crippen LogP contribution in [0, 0.1) is 5.82 Å². The first-order valence-corrected chi connectivity index (χ1v) is 7.97.